The number of carbonyl (C=O) groups excluding carboxylic acids is 1. The average molecular weight is 1370 g/mol. The Hall–Kier alpha value is 1.32. The van der Waals surface area contributed by atoms with Crippen molar-refractivity contribution in [1.82, 2.24) is 5.32 Å². The van der Waals surface area contributed by atoms with Crippen molar-refractivity contribution in [1.29, 1.82) is 0 Å². The van der Waals surface area contributed by atoms with Crippen molar-refractivity contribution in [3.8, 4) is 0 Å². The van der Waals surface area contributed by atoms with Crippen LogP contribution in [-0.2, 0) is 4.79 Å². The fraction of sp³-hybridized carbons (Fsp3) is 0.986. The van der Waals surface area contributed by atoms with Crippen LogP contribution in [0.5, 0.6) is 0 Å². The van der Waals surface area contributed by atoms with Crippen LogP contribution in [0.25, 0.3) is 0 Å². The van der Waals surface area contributed by atoms with E-state index < -0.39 is 11.2 Å². The number of hydrogen-bond acceptors (Lipinski definition) is 7. The molecule has 0 aliphatic heterocycles. The van der Waals surface area contributed by atoms with Gasteiger partial charge in [-0.05, 0) is 355 Å². The number of fused-ring (bicyclic) bond motifs is 15. The summed E-state index contributed by atoms with van der Waals surface area (Å²) < 4.78 is 0. The van der Waals surface area contributed by atoms with Gasteiger partial charge in [0.25, 0.3) is 0 Å². The molecule has 0 radical (unpaired) electrons. The lowest BCUT2D eigenvalue weighted by molar-refractivity contribution is -0.139. The molecule has 0 bridgehead atoms. The largest absolute Gasteiger partial charge is 0.396 e. The zero-order valence-corrected chi connectivity index (χ0v) is 58.4. The summed E-state index contributed by atoms with van der Waals surface area (Å²) in [5.41, 5.74) is 4.60. The van der Waals surface area contributed by atoms with Gasteiger partial charge in [0.15, 0.2) is 0 Å². The van der Waals surface area contributed by atoms with Crippen LogP contribution < -0.4 is 11.1 Å². The summed E-state index contributed by atoms with van der Waals surface area (Å²) in [4.78, 5) is 15.6. The van der Waals surface area contributed by atoms with Crippen molar-refractivity contribution in [2.75, 3.05) is 50.4 Å². The second-order valence-electron chi connectivity index (χ2n) is 30.8. The Morgan fingerprint density at radius 3 is 1.12 bits per heavy atom. The Kier molecular flexibility index (Phi) is 28.5. The van der Waals surface area contributed by atoms with Gasteiger partial charge in [-0.3, -0.25) is 0 Å². The average Bonchev–Trinajstić information content (AvgIpc) is 3.61. The van der Waals surface area contributed by atoms with Crippen LogP contribution >= 0.6 is 53.8 Å². The van der Waals surface area contributed by atoms with E-state index in [-0.39, 0.29) is 18.4 Å². The summed E-state index contributed by atoms with van der Waals surface area (Å²) in [6, 6.07) is 0. The minimum atomic E-state index is -0.412. The van der Waals surface area contributed by atoms with Gasteiger partial charge in [-0.25, -0.2) is 0 Å². The van der Waals surface area contributed by atoms with Gasteiger partial charge < -0.3 is 36.3 Å². The standard InChI is InChI=1S/C22H39NO.C21H36O2.C21H34O2.C2H7P.2CH3I.CH5N.CH4/c1-21(24)11-9-17-15(13-21)7-8-19-18(17)10-12-22(2)16(14-23-3)5-4-6-20(19)22;2*1-20(23)10-8-16-14(12-20)6-7-18-17(16)9-11-21(2)15(13-22)4-3-5-19(18)21;1-3-2;3*1-2;/h15-20,23-24H,4-14H2,1-3H3;14-19,22-23H,3-13H2,1-2H3;13-19,23H,3-12H2,1-2H3;3H,1-2H3;2*1H3;2H2,1H3;1H4/t15-,16-,17+,18-,19-,20+,21-,22-;2*14-,15-,16+,17-,18-,19+,20-,21-;;;;;/m111...../s1. The van der Waals surface area contributed by atoms with Crippen molar-refractivity contribution >= 4 is 60.0 Å². The van der Waals surface area contributed by atoms with E-state index in [0.717, 1.165) is 148 Å². The summed E-state index contributed by atoms with van der Waals surface area (Å²) in [5, 5.41) is 44.9. The quantitative estimate of drug-likeness (QED) is 0.0714. The van der Waals surface area contributed by atoms with Gasteiger partial charge in [0.05, 0.1) is 16.8 Å². The van der Waals surface area contributed by atoms with Crippen molar-refractivity contribution < 1.29 is 25.2 Å². The molecule has 0 aromatic carbocycles. The summed E-state index contributed by atoms with van der Waals surface area (Å²) in [5.74, 6) is 14.9. The van der Waals surface area contributed by atoms with Gasteiger partial charge in [0, 0.05) is 12.5 Å². The summed E-state index contributed by atoms with van der Waals surface area (Å²) >= 11 is 4.30. The number of nitrogens with one attached hydrogen (secondary N) is 1. The highest BCUT2D eigenvalue weighted by molar-refractivity contribution is 14.1. The maximum Gasteiger partial charge on any atom is 0.123 e. The van der Waals surface area contributed by atoms with Gasteiger partial charge in [-0.1, -0.05) is 92.6 Å². The monoisotopic (exact) mass is 1360 g/mol. The van der Waals surface area contributed by atoms with E-state index >= 15 is 0 Å². The number of nitrogens with two attached hydrogens (primary N) is 1. The Labute approximate surface area is 524 Å². The molecule has 7 N–H and O–H groups in total. The van der Waals surface area contributed by atoms with Gasteiger partial charge in [-0.2, -0.15) is 0 Å². The summed E-state index contributed by atoms with van der Waals surface area (Å²) in [6.07, 6.45) is 39.9. The number of carbonyl (C=O) groups is 1. The molecule has 12 aliphatic carbocycles. The summed E-state index contributed by atoms with van der Waals surface area (Å²) in [7, 11) is 4.72. The fourth-order valence-electron chi connectivity index (χ4n) is 23.2. The van der Waals surface area contributed by atoms with E-state index in [4.69, 9.17) is 0 Å². The van der Waals surface area contributed by atoms with E-state index in [1.54, 1.807) is 0 Å². The first-order chi connectivity index (χ1) is 37.7. The van der Waals surface area contributed by atoms with Crippen molar-refractivity contribution in [2.45, 2.75) is 258 Å². The van der Waals surface area contributed by atoms with Crippen molar-refractivity contribution in [3.63, 3.8) is 0 Å². The zero-order chi connectivity index (χ0) is 58.1. The first-order valence-corrected chi connectivity index (χ1v) is 39.9. The predicted octanol–water partition coefficient (Wildman–Crippen LogP) is 16.8. The molecular formula is C70H131I2N2O5P. The number of aldehydes is 1. The van der Waals surface area contributed by atoms with Gasteiger partial charge in [0.2, 0.25) is 0 Å². The molecule has 12 fully saturated rings. The van der Waals surface area contributed by atoms with Gasteiger partial charge in [0.1, 0.15) is 6.29 Å². The molecule has 0 aromatic heterocycles. The van der Waals surface area contributed by atoms with E-state index in [2.05, 4.69) is 111 Å². The third-order valence-corrected chi connectivity index (χ3v) is 26.7. The lowest BCUT2D eigenvalue weighted by atomic mass is 9.45. The van der Waals surface area contributed by atoms with E-state index in [1.807, 2.05) is 16.8 Å². The van der Waals surface area contributed by atoms with Crippen LogP contribution in [0.4, 0.5) is 0 Å². The van der Waals surface area contributed by atoms with Crippen LogP contribution in [-0.4, -0.2) is 94.0 Å². The Morgan fingerprint density at radius 1 is 0.463 bits per heavy atom. The van der Waals surface area contributed by atoms with Crippen LogP contribution in [0, 0.1) is 123 Å². The highest BCUT2D eigenvalue weighted by Crippen LogP contribution is 2.66. The first kappa shape index (κ1) is 72.1. The number of rotatable bonds is 4. The molecule has 470 valence electrons. The van der Waals surface area contributed by atoms with Crippen LogP contribution in [0.15, 0.2) is 0 Å². The third-order valence-electron chi connectivity index (χ3n) is 26.7. The molecule has 0 unspecified atom stereocenters. The Bertz CT molecular complexity index is 1820. The molecule has 80 heavy (non-hydrogen) atoms. The normalized spacial score (nSPS) is 49.1. The van der Waals surface area contributed by atoms with Crippen LogP contribution in [0.1, 0.15) is 242 Å². The Morgan fingerprint density at radius 2 is 0.775 bits per heavy atom. The Balaban J connectivity index is 0.000000204. The molecule has 12 rings (SSSR count). The highest BCUT2D eigenvalue weighted by Gasteiger charge is 2.59. The van der Waals surface area contributed by atoms with Crippen LogP contribution in [0.3, 0.4) is 0 Å². The molecule has 12 saturated carbocycles. The fourth-order valence-corrected chi connectivity index (χ4v) is 23.2. The van der Waals surface area contributed by atoms with Crippen molar-refractivity contribution in [3.05, 3.63) is 0 Å². The number of alkyl halides is 2. The molecule has 0 aromatic rings. The summed E-state index contributed by atoms with van der Waals surface area (Å²) in [6.45, 7) is 19.7. The van der Waals surface area contributed by atoms with E-state index in [1.165, 1.54) is 168 Å². The molecule has 0 saturated heterocycles. The molecular weight excluding hydrogens is 1230 g/mol. The molecule has 12 aliphatic rings. The van der Waals surface area contributed by atoms with Crippen LogP contribution in [0.2, 0.25) is 0 Å². The number of hydrogen-bond donors (Lipinski definition) is 6. The molecule has 7 nitrogen and oxygen atoms in total. The molecule has 0 spiro atoms. The molecule has 0 amide bonds. The molecule has 0 heterocycles. The van der Waals surface area contributed by atoms with Gasteiger partial charge >= 0.3 is 0 Å². The SMILES string of the molecule is C.CI.CI.CN.CNC[C@H]1CCC[C@H]2[C@@H]3CC[C@@H]4C[C@](C)(O)CC[C@@H]4[C@H]3CC[C@]12C.CPC.C[C@@]1(O)CC[C@H]2[C@H](CC[C@@H]3[C@@H]2CC[C@]2(C)[C@@H](C=O)CCC[C@@H]32)C1.C[C@@]1(O)CC[C@H]2[C@H](CC[C@@H]3[C@@H]2CC[C@]2(C)[C@@H](CO)CCC[C@@H]32)C1. The zero-order valence-electron chi connectivity index (χ0n) is 53.1. The first-order valence-electron chi connectivity index (χ1n) is 33.5. The number of aliphatic hydroxyl groups excluding tert-OH is 1. The second kappa shape index (κ2) is 31.7. The smallest absolute Gasteiger partial charge is 0.123 e. The maximum absolute atomic E-state index is 11.7. The molecule has 10 heteroatoms. The van der Waals surface area contributed by atoms with Gasteiger partial charge in [-0.15, -0.1) is 8.58 Å². The van der Waals surface area contributed by atoms with Crippen molar-refractivity contribution in [2.24, 2.45) is 129 Å². The minimum absolute atomic E-state index is 0. The van der Waals surface area contributed by atoms with E-state index in [9.17, 15) is 25.2 Å². The number of halogens is 2. The topological polar surface area (TPSA) is 136 Å². The second-order valence-corrected chi connectivity index (χ2v) is 31.8. The maximum atomic E-state index is 11.7. The predicted molar refractivity (Wildman–Crippen MR) is 361 cm³/mol. The van der Waals surface area contributed by atoms with E-state index in [0.29, 0.717) is 29.3 Å². The minimum Gasteiger partial charge on any atom is -0.396 e. The lowest BCUT2D eigenvalue weighted by Gasteiger charge is -2.61. The lowest BCUT2D eigenvalue weighted by Crippen LogP contribution is -2.54. The third kappa shape index (κ3) is 15.7. The molecule has 24 atom stereocenters. The number of aliphatic hydroxyl groups is 4. The highest BCUT2D eigenvalue weighted by atomic mass is 127.